The zero-order valence-electron chi connectivity index (χ0n) is 14.7. The Bertz CT molecular complexity index is 744. The maximum atomic E-state index is 13.0. The van der Waals surface area contributed by atoms with E-state index in [0.29, 0.717) is 16.3 Å². The molecule has 1 aromatic heterocycles. The Kier molecular flexibility index (Phi) is 5.76. The molecule has 25 heavy (non-hydrogen) atoms. The number of methoxy groups -OCH3 is 1. The van der Waals surface area contributed by atoms with E-state index in [-0.39, 0.29) is 11.7 Å². The van der Waals surface area contributed by atoms with Gasteiger partial charge >= 0.3 is 0 Å². The maximum Gasteiger partial charge on any atom is 0.170 e. The van der Waals surface area contributed by atoms with E-state index in [1.165, 1.54) is 5.56 Å². The van der Waals surface area contributed by atoms with E-state index in [4.69, 9.17) is 16.3 Å². The summed E-state index contributed by atoms with van der Waals surface area (Å²) in [5.74, 6) is 0.686. The zero-order valence-corrected chi connectivity index (χ0v) is 15.5. The molecule has 0 aliphatic carbocycles. The van der Waals surface area contributed by atoms with Crippen molar-refractivity contribution in [3.8, 4) is 5.75 Å². The van der Waals surface area contributed by atoms with Crippen molar-refractivity contribution in [3.05, 3.63) is 46.7 Å². The molecule has 0 amide bonds. The molecule has 1 aliphatic heterocycles. The number of piperidine rings is 1. The Labute approximate surface area is 153 Å². The number of hydrogen-bond donors (Lipinski definition) is 0. The number of nitrogens with zero attached hydrogens (tertiary/aromatic N) is 3. The van der Waals surface area contributed by atoms with Crippen molar-refractivity contribution in [2.75, 3.05) is 20.2 Å². The highest BCUT2D eigenvalue weighted by Crippen LogP contribution is 2.29. The van der Waals surface area contributed by atoms with Crippen molar-refractivity contribution in [2.45, 2.75) is 32.9 Å². The van der Waals surface area contributed by atoms with Gasteiger partial charge in [0.1, 0.15) is 5.75 Å². The molecule has 0 unspecified atom stereocenters. The first-order valence-electron chi connectivity index (χ1n) is 8.72. The van der Waals surface area contributed by atoms with Crippen LogP contribution in [0.15, 0.2) is 30.6 Å². The number of carbonyl (C=O) groups is 1. The number of carbonyl (C=O) groups excluding carboxylic acids is 1. The molecule has 3 rings (SSSR count). The lowest BCUT2D eigenvalue weighted by atomic mass is 9.89. The minimum Gasteiger partial charge on any atom is -0.496 e. The number of aryl methyl sites for hydroxylation is 1. The van der Waals surface area contributed by atoms with Crippen LogP contribution in [0.25, 0.3) is 0 Å². The molecule has 0 N–H and O–H groups in total. The third kappa shape index (κ3) is 4.22. The zero-order chi connectivity index (χ0) is 17.8. The minimum atomic E-state index is -0.0256. The van der Waals surface area contributed by atoms with Gasteiger partial charge in [-0.15, -0.1) is 0 Å². The second-order valence-electron chi connectivity index (χ2n) is 6.49. The van der Waals surface area contributed by atoms with Gasteiger partial charge in [-0.3, -0.25) is 14.4 Å². The summed E-state index contributed by atoms with van der Waals surface area (Å²) in [4.78, 5) is 15.3. The number of aromatic nitrogens is 2. The fourth-order valence-electron chi connectivity index (χ4n) is 3.43. The molecule has 1 atom stereocenters. The van der Waals surface area contributed by atoms with Crippen molar-refractivity contribution in [1.29, 1.82) is 0 Å². The van der Waals surface area contributed by atoms with Crippen molar-refractivity contribution >= 4 is 17.4 Å². The number of ketones is 1. The van der Waals surface area contributed by atoms with Crippen LogP contribution in [0.5, 0.6) is 5.75 Å². The lowest BCUT2D eigenvalue weighted by Gasteiger charge is -2.31. The molecule has 0 spiro atoms. The largest absolute Gasteiger partial charge is 0.496 e. The van der Waals surface area contributed by atoms with Crippen molar-refractivity contribution < 1.29 is 9.53 Å². The molecule has 1 aromatic carbocycles. The van der Waals surface area contributed by atoms with Gasteiger partial charge in [0.05, 0.1) is 18.9 Å². The molecule has 0 saturated carbocycles. The molecular formula is C19H24ClN3O2. The van der Waals surface area contributed by atoms with E-state index < -0.39 is 0 Å². The third-order valence-electron chi connectivity index (χ3n) is 4.72. The van der Waals surface area contributed by atoms with E-state index in [0.717, 1.165) is 39.0 Å². The highest BCUT2D eigenvalue weighted by molar-refractivity contribution is 6.31. The number of Topliss-reactive ketones (excluding diaryl/α,β-unsaturated/α-hetero) is 1. The molecule has 1 aliphatic rings. The van der Waals surface area contributed by atoms with E-state index >= 15 is 0 Å². The molecule has 0 bridgehead atoms. The molecule has 1 saturated heterocycles. The molecule has 2 heterocycles. The van der Waals surface area contributed by atoms with Gasteiger partial charge in [-0.1, -0.05) is 11.6 Å². The van der Waals surface area contributed by atoms with Crippen LogP contribution in [0.3, 0.4) is 0 Å². The standard InChI is InChI=1S/C19H24ClN3O2/c1-3-23-12-14(10-21-23)11-22-8-4-5-15(13-22)19(24)17-9-16(20)6-7-18(17)25-2/h6-7,9-10,12,15H,3-5,8,11,13H2,1-2H3/t15-/m0/s1. The van der Waals surface area contributed by atoms with Gasteiger partial charge < -0.3 is 4.74 Å². The van der Waals surface area contributed by atoms with Crippen LogP contribution >= 0.6 is 11.6 Å². The molecular weight excluding hydrogens is 338 g/mol. The number of likely N-dealkylation sites (tertiary alicyclic amines) is 1. The SMILES string of the molecule is CCn1cc(CN2CCC[C@H](C(=O)c3cc(Cl)ccc3OC)C2)cn1. The Balaban J connectivity index is 1.70. The third-order valence-corrected chi connectivity index (χ3v) is 4.96. The molecule has 5 nitrogen and oxygen atoms in total. The lowest BCUT2D eigenvalue weighted by molar-refractivity contribution is 0.0808. The Morgan fingerprint density at radius 1 is 1.44 bits per heavy atom. The highest BCUT2D eigenvalue weighted by Gasteiger charge is 2.28. The molecule has 6 heteroatoms. The quantitative estimate of drug-likeness (QED) is 0.737. The number of benzene rings is 1. The fourth-order valence-corrected chi connectivity index (χ4v) is 3.60. The molecule has 2 aromatic rings. The second-order valence-corrected chi connectivity index (χ2v) is 6.92. The lowest BCUT2D eigenvalue weighted by Crippen LogP contribution is -2.38. The van der Waals surface area contributed by atoms with Crippen LogP contribution in [-0.4, -0.2) is 40.7 Å². The van der Waals surface area contributed by atoms with Crippen molar-refractivity contribution in [2.24, 2.45) is 5.92 Å². The van der Waals surface area contributed by atoms with Gasteiger partial charge in [-0.25, -0.2) is 0 Å². The van der Waals surface area contributed by atoms with E-state index in [1.54, 1.807) is 25.3 Å². The fraction of sp³-hybridized carbons (Fsp3) is 0.474. The summed E-state index contributed by atoms with van der Waals surface area (Å²) in [6, 6.07) is 5.22. The molecule has 0 radical (unpaired) electrons. The normalized spacial score (nSPS) is 18.3. The predicted molar refractivity (Wildman–Crippen MR) is 98.2 cm³/mol. The summed E-state index contributed by atoms with van der Waals surface area (Å²) in [5.41, 5.74) is 1.77. The topological polar surface area (TPSA) is 47.4 Å². The minimum absolute atomic E-state index is 0.0256. The van der Waals surface area contributed by atoms with Gasteiger partial charge in [0.25, 0.3) is 0 Å². The predicted octanol–water partition coefficient (Wildman–Crippen LogP) is 3.66. The van der Waals surface area contributed by atoms with Gasteiger partial charge in [-0.05, 0) is 44.5 Å². The van der Waals surface area contributed by atoms with Crippen LogP contribution in [0.1, 0.15) is 35.7 Å². The number of hydrogen-bond acceptors (Lipinski definition) is 4. The summed E-state index contributed by atoms with van der Waals surface area (Å²) in [7, 11) is 1.58. The monoisotopic (exact) mass is 361 g/mol. The smallest absolute Gasteiger partial charge is 0.170 e. The first kappa shape index (κ1) is 18.0. The first-order valence-corrected chi connectivity index (χ1v) is 9.10. The molecule has 134 valence electrons. The summed E-state index contributed by atoms with van der Waals surface area (Å²) in [6.45, 7) is 5.54. The van der Waals surface area contributed by atoms with Gasteiger partial charge in [0, 0.05) is 42.3 Å². The van der Waals surface area contributed by atoms with Crippen LogP contribution < -0.4 is 4.74 Å². The summed E-state index contributed by atoms with van der Waals surface area (Å²) in [5, 5.41) is 4.89. The van der Waals surface area contributed by atoms with Crippen LogP contribution in [0, 0.1) is 5.92 Å². The van der Waals surface area contributed by atoms with Gasteiger partial charge in [0.15, 0.2) is 5.78 Å². The second kappa shape index (κ2) is 8.02. The maximum absolute atomic E-state index is 13.0. The van der Waals surface area contributed by atoms with Crippen LogP contribution in [-0.2, 0) is 13.1 Å². The number of ether oxygens (including phenoxy) is 1. The Morgan fingerprint density at radius 2 is 2.28 bits per heavy atom. The first-order chi connectivity index (χ1) is 12.1. The summed E-state index contributed by atoms with van der Waals surface area (Å²) in [6.07, 6.45) is 5.90. The Hall–Kier alpha value is -1.85. The van der Waals surface area contributed by atoms with Gasteiger partial charge in [-0.2, -0.15) is 5.10 Å². The van der Waals surface area contributed by atoms with Gasteiger partial charge in [0.2, 0.25) is 0 Å². The Morgan fingerprint density at radius 3 is 3.00 bits per heavy atom. The van der Waals surface area contributed by atoms with Crippen molar-refractivity contribution in [1.82, 2.24) is 14.7 Å². The number of rotatable bonds is 6. The van der Waals surface area contributed by atoms with Crippen LogP contribution in [0.2, 0.25) is 5.02 Å². The van der Waals surface area contributed by atoms with E-state index in [2.05, 4.69) is 23.1 Å². The summed E-state index contributed by atoms with van der Waals surface area (Å²) >= 11 is 6.08. The van der Waals surface area contributed by atoms with Crippen molar-refractivity contribution in [3.63, 3.8) is 0 Å². The van der Waals surface area contributed by atoms with Crippen LogP contribution in [0.4, 0.5) is 0 Å². The van der Waals surface area contributed by atoms with E-state index in [9.17, 15) is 4.79 Å². The average molecular weight is 362 g/mol. The molecule has 1 fully saturated rings. The number of halogens is 1. The highest BCUT2D eigenvalue weighted by atomic mass is 35.5. The van der Waals surface area contributed by atoms with E-state index in [1.807, 2.05) is 10.9 Å². The summed E-state index contributed by atoms with van der Waals surface area (Å²) < 4.78 is 7.28. The average Bonchev–Trinajstić information content (AvgIpc) is 3.09.